The summed E-state index contributed by atoms with van der Waals surface area (Å²) in [7, 11) is -3.62. The van der Waals surface area contributed by atoms with Gasteiger partial charge in [-0.05, 0) is 129 Å². The SMILES string of the molecule is CC[C@H]1[C@@H](CC(C)=O)[C@@H]2[C@H](CC[C@]3(C)[C@@H]([C@H](C)CCNC(=O)NS(=O)(=O)C4CCCCC4)CC[C@@H]23)[C@@]2(C)CC[C@@H](O)C[C@@H]12. The summed E-state index contributed by atoms with van der Waals surface area (Å²) < 4.78 is 27.6. The molecular formula is C35H60N2O5S. The van der Waals surface area contributed by atoms with Crippen LogP contribution in [-0.2, 0) is 14.8 Å². The largest absolute Gasteiger partial charge is 0.393 e. The van der Waals surface area contributed by atoms with Crippen LogP contribution in [0, 0.1) is 58.2 Å². The van der Waals surface area contributed by atoms with Crippen LogP contribution in [0.4, 0.5) is 4.79 Å². The second kappa shape index (κ2) is 12.9. The maximum absolute atomic E-state index is 12.7. The number of hydrogen-bond donors (Lipinski definition) is 3. The number of sulfonamides is 1. The van der Waals surface area contributed by atoms with Crippen LogP contribution in [0.3, 0.4) is 0 Å². The van der Waals surface area contributed by atoms with Gasteiger partial charge in [0.2, 0.25) is 10.0 Å². The lowest BCUT2D eigenvalue weighted by molar-refractivity contribution is -0.183. The Morgan fingerprint density at radius 2 is 1.58 bits per heavy atom. The summed E-state index contributed by atoms with van der Waals surface area (Å²) in [5.41, 5.74) is 0.468. The zero-order valence-electron chi connectivity index (χ0n) is 27.6. The van der Waals surface area contributed by atoms with Crippen molar-refractivity contribution < 1.29 is 23.1 Å². The van der Waals surface area contributed by atoms with Crippen LogP contribution in [0.2, 0.25) is 0 Å². The molecule has 0 aromatic carbocycles. The summed E-state index contributed by atoms with van der Waals surface area (Å²) in [6.07, 6.45) is 14.3. The lowest BCUT2D eigenvalue weighted by Gasteiger charge is -2.66. The summed E-state index contributed by atoms with van der Waals surface area (Å²) in [4.78, 5) is 25.3. The molecule has 0 heterocycles. The van der Waals surface area contributed by atoms with Crippen LogP contribution < -0.4 is 10.0 Å². The van der Waals surface area contributed by atoms with E-state index in [-0.39, 0.29) is 16.9 Å². The Kier molecular flexibility index (Phi) is 9.98. The number of fused-ring (bicyclic) bond motifs is 5. The van der Waals surface area contributed by atoms with E-state index < -0.39 is 21.3 Å². The van der Waals surface area contributed by atoms with Gasteiger partial charge in [-0.25, -0.2) is 17.9 Å². The third kappa shape index (κ3) is 6.31. The topological polar surface area (TPSA) is 113 Å². The molecule has 8 heteroatoms. The summed E-state index contributed by atoms with van der Waals surface area (Å²) in [5.74, 6) is 4.51. The van der Waals surface area contributed by atoms with E-state index in [0.29, 0.717) is 78.9 Å². The van der Waals surface area contributed by atoms with Gasteiger partial charge in [0.05, 0.1) is 11.4 Å². The quantitative estimate of drug-likeness (QED) is 0.261. The minimum absolute atomic E-state index is 0.199. The number of rotatable bonds is 9. The number of ketones is 1. The fourth-order valence-corrected chi connectivity index (χ4v) is 13.5. The van der Waals surface area contributed by atoms with Crippen molar-refractivity contribution in [1.29, 1.82) is 0 Å². The van der Waals surface area contributed by atoms with Gasteiger partial charge in [-0.15, -0.1) is 0 Å². The van der Waals surface area contributed by atoms with Crippen molar-refractivity contribution in [2.24, 2.45) is 58.2 Å². The van der Waals surface area contributed by atoms with Gasteiger partial charge in [0.15, 0.2) is 0 Å². The first-order valence-corrected chi connectivity index (χ1v) is 19.3. The molecule has 246 valence electrons. The molecule has 5 saturated carbocycles. The molecule has 7 nitrogen and oxygen atoms in total. The zero-order chi connectivity index (χ0) is 31.2. The molecule has 5 aliphatic carbocycles. The third-order valence-corrected chi connectivity index (χ3v) is 15.8. The first kappa shape index (κ1) is 33.2. The number of urea groups is 1. The monoisotopic (exact) mass is 620 g/mol. The molecule has 5 aliphatic rings. The van der Waals surface area contributed by atoms with Gasteiger partial charge in [0, 0.05) is 13.0 Å². The summed E-state index contributed by atoms with van der Waals surface area (Å²) in [6.45, 7) is 12.0. The van der Waals surface area contributed by atoms with E-state index in [1.165, 1.54) is 25.7 Å². The molecular weight excluding hydrogens is 560 g/mol. The van der Waals surface area contributed by atoms with Crippen molar-refractivity contribution in [3.63, 3.8) is 0 Å². The maximum atomic E-state index is 12.7. The molecule has 11 atom stereocenters. The van der Waals surface area contributed by atoms with E-state index in [1.54, 1.807) is 6.92 Å². The molecule has 0 saturated heterocycles. The normalized spacial score (nSPS) is 42.3. The smallest absolute Gasteiger partial charge is 0.328 e. The highest BCUT2D eigenvalue weighted by Gasteiger charge is 2.64. The number of Topliss-reactive ketones (excluding diaryl/α,β-unsaturated/α-hetero) is 1. The van der Waals surface area contributed by atoms with E-state index in [9.17, 15) is 23.1 Å². The Hall–Kier alpha value is -1.15. The Balaban J connectivity index is 1.26. The molecule has 0 aliphatic heterocycles. The van der Waals surface area contributed by atoms with Crippen LogP contribution >= 0.6 is 0 Å². The van der Waals surface area contributed by atoms with Gasteiger partial charge < -0.3 is 15.2 Å². The highest BCUT2D eigenvalue weighted by Crippen LogP contribution is 2.71. The molecule has 5 fully saturated rings. The predicted molar refractivity (Wildman–Crippen MR) is 171 cm³/mol. The van der Waals surface area contributed by atoms with Crippen molar-refractivity contribution in [3.8, 4) is 0 Å². The second-order valence-corrected chi connectivity index (χ2v) is 18.1. The van der Waals surface area contributed by atoms with E-state index in [0.717, 1.165) is 51.4 Å². The number of carbonyl (C=O) groups is 2. The van der Waals surface area contributed by atoms with Crippen LogP contribution in [-0.4, -0.2) is 43.2 Å². The third-order valence-electron chi connectivity index (χ3n) is 14.0. The first-order valence-electron chi connectivity index (χ1n) is 17.8. The lowest BCUT2D eigenvalue weighted by atomic mass is 9.39. The maximum Gasteiger partial charge on any atom is 0.328 e. The minimum Gasteiger partial charge on any atom is -0.393 e. The standard InChI is InChI=1S/C35H60N2O5S/c1-6-26-27(20-23(3)38)32-29-13-12-28(34(29,4)18-15-30(32)35(5)17-14-24(39)21-31(26)35)22(2)16-19-36-33(40)37-43(41,42)25-10-8-7-9-11-25/h22,24-32,39H,6-21H2,1-5H3,(H2,36,37,40)/t22-,24-,26+,27-,28-,29+,30+,31+,32+,34-,35-/m1/s1. The van der Waals surface area contributed by atoms with Gasteiger partial charge in [-0.2, -0.15) is 0 Å². The van der Waals surface area contributed by atoms with Gasteiger partial charge in [0.1, 0.15) is 5.78 Å². The summed E-state index contributed by atoms with van der Waals surface area (Å²) >= 11 is 0. The molecule has 2 amide bonds. The fraction of sp³-hybridized carbons (Fsp3) is 0.943. The van der Waals surface area contributed by atoms with Crippen LogP contribution in [0.1, 0.15) is 131 Å². The Bertz CT molecular complexity index is 1120. The van der Waals surface area contributed by atoms with E-state index in [2.05, 4.69) is 37.7 Å². The Morgan fingerprint density at radius 3 is 2.26 bits per heavy atom. The number of carbonyl (C=O) groups excluding carboxylic acids is 2. The number of aliphatic hydroxyl groups is 1. The van der Waals surface area contributed by atoms with Gasteiger partial charge in [0.25, 0.3) is 0 Å². The average Bonchev–Trinajstić information content (AvgIpc) is 3.31. The molecule has 0 unspecified atom stereocenters. The number of hydrogen-bond acceptors (Lipinski definition) is 5. The van der Waals surface area contributed by atoms with Crippen molar-refractivity contribution in [1.82, 2.24) is 10.0 Å². The minimum atomic E-state index is -3.62. The van der Waals surface area contributed by atoms with Crippen molar-refractivity contribution in [2.45, 2.75) is 142 Å². The van der Waals surface area contributed by atoms with Crippen LogP contribution in [0.15, 0.2) is 0 Å². The summed E-state index contributed by atoms with van der Waals surface area (Å²) in [6, 6.07) is -0.589. The molecule has 0 spiro atoms. The Morgan fingerprint density at radius 1 is 0.907 bits per heavy atom. The van der Waals surface area contributed by atoms with Crippen LogP contribution in [0.5, 0.6) is 0 Å². The van der Waals surface area contributed by atoms with E-state index in [4.69, 9.17) is 0 Å². The fourth-order valence-electron chi connectivity index (χ4n) is 12.0. The zero-order valence-corrected chi connectivity index (χ0v) is 28.4. The van der Waals surface area contributed by atoms with Gasteiger partial charge in [-0.1, -0.05) is 53.4 Å². The van der Waals surface area contributed by atoms with E-state index >= 15 is 0 Å². The van der Waals surface area contributed by atoms with Crippen LogP contribution in [0.25, 0.3) is 0 Å². The number of nitrogens with one attached hydrogen (secondary N) is 2. The number of aliphatic hydroxyl groups excluding tert-OH is 1. The van der Waals surface area contributed by atoms with Gasteiger partial charge >= 0.3 is 6.03 Å². The highest BCUT2D eigenvalue weighted by molar-refractivity contribution is 7.90. The van der Waals surface area contributed by atoms with Crippen molar-refractivity contribution >= 4 is 21.8 Å². The molecule has 0 aromatic heterocycles. The van der Waals surface area contributed by atoms with Crippen molar-refractivity contribution in [3.05, 3.63) is 0 Å². The molecule has 5 rings (SSSR count). The van der Waals surface area contributed by atoms with E-state index in [1.807, 2.05) is 0 Å². The Labute approximate surface area is 261 Å². The molecule has 0 radical (unpaired) electrons. The number of amides is 2. The average molecular weight is 621 g/mol. The predicted octanol–water partition coefficient (Wildman–Crippen LogP) is 6.84. The highest BCUT2D eigenvalue weighted by atomic mass is 32.2. The molecule has 0 aromatic rings. The summed E-state index contributed by atoms with van der Waals surface area (Å²) in [5, 5.41) is 13.1. The van der Waals surface area contributed by atoms with Crippen molar-refractivity contribution in [2.75, 3.05) is 6.54 Å². The van der Waals surface area contributed by atoms with Gasteiger partial charge in [-0.3, -0.25) is 0 Å². The molecule has 3 N–H and O–H groups in total. The lowest BCUT2D eigenvalue weighted by Crippen LogP contribution is -2.60. The first-order chi connectivity index (χ1) is 20.3. The second-order valence-electron chi connectivity index (χ2n) is 16.1. The molecule has 0 bridgehead atoms. The molecule has 43 heavy (non-hydrogen) atoms.